The molecule has 0 spiro atoms. The molecule has 0 amide bonds. The summed E-state index contributed by atoms with van der Waals surface area (Å²) in [6.45, 7) is 4.10. The molecule has 1 heterocycles. The predicted molar refractivity (Wildman–Crippen MR) is 80.0 cm³/mol. The molecule has 21 heavy (non-hydrogen) atoms. The summed E-state index contributed by atoms with van der Waals surface area (Å²) in [7, 11) is 0. The Kier molecular flexibility index (Phi) is 5.51. The Labute approximate surface area is 123 Å². The molecule has 1 aromatic heterocycles. The number of hydrogen-bond donors (Lipinski definition) is 1. The molecule has 4 nitrogen and oxygen atoms in total. The Morgan fingerprint density at radius 1 is 1.29 bits per heavy atom. The number of nitrogens with one attached hydrogen (secondary N) is 1. The molecule has 0 fully saturated rings. The van der Waals surface area contributed by atoms with E-state index in [1.165, 1.54) is 16.7 Å². The van der Waals surface area contributed by atoms with Crippen molar-refractivity contribution in [2.45, 2.75) is 20.0 Å². The minimum Gasteiger partial charge on any atom is -0.489 e. The first-order chi connectivity index (χ1) is 10.2. The summed E-state index contributed by atoms with van der Waals surface area (Å²) in [4.78, 5) is 11.5. The van der Waals surface area contributed by atoms with E-state index in [2.05, 4.69) is 5.32 Å². The van der Waals surface area contributed by atoms with Gasteiger partial charge in [-0.15, -0.1) is 0 Å². The van der Waals surface area contributed by atoms with Crippen LogP contribution in [0.25, 0.3) is 0 Å². The molecule has 0 saturated heterocycles. The van der Waals surface area contributed by atoms with Gasteiger partial charge in [0.25, 0.3) is 5.56 Å². The van der Waals surface area contributed by atoms with Gasteiger partial charge in [-0.1, -0.05) is 19.1 Å². The maximum atomic E-state index is 13.9. The summed E-state index contributed by atoms with van der Waals surface area (Å²) < 4.78 is 20.8. The predicted octanol–water partition coefficient (Wildman–Crippen LogP) is 2.18. The fraction of sp³-hybridized carbons (Fsp3) is 0.312. The maximum Gasteiger partial charge on any atom is 0.250 e. The highest BCUT2D eigenvalue weighted by molar-refractivity contribution is 5.29. The van der Waals surface area contributed by atoms with Crippen LogP contribution in [0.2, 0.25) is 0 Å². The van der Waals surface area contributed by atoms with Crippen molar-refractivity contribution < 1.29 is 9.13 Å². The van der Waals surface area contributed by atoms with Crippen molar-refractivity contribution >= 4 is 0 Å². The monoisotopic (exact) mass is 290 g/mol. The molecule has 0 aliphatic carbocycles. The summed E-state index contributed by atoms with van der Waals surface area (Å²) in [5, 5.41) is 3.14. The zero-order valence-electron chi connectivity index (χ0n) is 12.0. The molecule has 0 unspecified atom stereocenters. The molecule has 0 saturated carbocycles. The van der Waals surface area contributed by atoms with Crippen LogP contribution in [-0.2, 0) is 13.1 Å². The number of ether oxygens (including phenoxy) is 1. The molecule has 1 aromatic carbocycles. The van der Waals surface area contributed by atoms with E-state index in [0.717, 1.165) is 12.1 Å². The van der Waals surface area contributed by atoms with E-state index in [1.54, 1.807) is 24.4 Å². The lowest BCUT2D eigenvalue weighted by Gasteiger charge is -2.10. The molecule has 2 aromatic rings. The third-order valence-corrected chi connectivity index (χ3v) is 3.06. The fourth-order valence-electron chi connectivity index (χ4n) is 1.94. The van der Waals surface area contributed by atoms with Crippen molar-refractivity contribution in [2.24, 2.45) is 0 Å². The van der Waals surface area contributed by atoms with E-state index in [4.69, 9.17) is 4.74 Å². The zero-order chi connectivity index (χ0) is 15.1. The lowest BCUT2D eigenvalue weighted by Crippen LogP contribution is -2.21. The van der Waals surface area contributed by atoms with Crippen LogP contribution >= 0.6 is 0 Å². The quantitative estimate of drug-likeness (QED) is 0.850. The zero-order valence-corrected chi connectivity index (χ0v) is 12.0. The van der Waals surface area contributed by atoms with Gasteiger partial charge in [0.05, 0.1) is 6.54 Å². The number of benzene rings is 1. The van der Waals surface area contributed by atoms with Crippen molar-refractivity contribution in [3.05, 3.63) is 64.3 Å². The van der Waals surface area contributed by atoms with Gasteiger partial charge >= 0.3 is 0 Å². The van der Waals surface area contributed by atoms with E-state index < -0.39 is 0 Å². The van der Waals surface area contributed by atoms with Crippen molar-refractivity contribution in [3.63, 3.8) is 0 Å². The molecule has 2 rings (SSSR count). The topological polar surface area (TPSA) is 43.3 Å². The van der Waals surface area contributed by atoms with Gasteiger partial charge in [0.2, 0.25) is 0 Å². The van der Waals surface area contributed by atoms with Crippen molar-refractivity contribution in [1.82, 2.24) is 9.88 Å². The number of aromatic nitrogens is 1. The van der Waals surface area contributed by atoms with Crippen LogP contribution < -0.4 is 15.6 Å². The number of rotatable bonds is 7. The fourth-order valence-corrected chi connectivity index (χ4v) is 1.94. The average Bonchev–Trinajstić information content (AvgIpc) is 2.49. The molecule has 5 heteroatoms. The maximum absolute atomic E-state index is 13.9. The van der Waals surface area contributed by atoms with Crippen LogP contribution in [-0.4, -0.2) is 17.7 Å². The molecule has 0 aliphatic heterocycles. The summed E-state index contributed by atoms with van der Waals surface area (Å²) >= 11 is 0. The second kappa shape index (κ2) is 7.59. The van der Waals surface area contributed by atoms with Crippen LogP contribution in [0.15, 0.2) is 47.4 Å². The molecule has 0 bridgehead atoms. The second-order valence-corrected chi connectivity index (χ2v) is 4.63. The Morgan fingerprint density at radius 2 is 2.14 bits per heavy atom. The Bertz CT molecular complexity index is 640. The molecule has 1 N–H and O–H groups in total. The molecule has 112 valence electrons. The molecule has 0 aliphatic rings. The first kappa shape index (κ1) is 15.3. The summed E-state index contributed by atoms with van der Waals surface area (Å²) in [6.07, 6.45) is 1.68. The standard InChI is InChI=1S/C16H19FN2O2/c1-2-18-12-13-6-7-15(14(17)11-13)21-10-9-19-8-4-3-5-16(19)20/h3-8,11,18H,2,9-10,12H2,1H3. The van der Waals surface area contributed by atoms with E-state index in [-0.39, 0.29) is 23.7 Å². The summed E-state index contributed by atoms with van der Waals surface area (Å²) in [5.74, 6) is -0.176. The van der Waals surface area contributed by atoms with Crippen molar-refractivity contribution in [2.75, 3.05) is 13.2 Å². The normalized spacial score (nSPS) is 10.6. The third-order valence-electron chi connectivity index (χ3n) is 3.06. The highest BCUT2D eigenvalue weighted by atomic mass is 19.1. The summed E-state index contributed by atoms with van der Waals surface area (Å²) in [5.41, 5.74) is 0.781. The Balaban J connectivity index is 1.91. The van der Waals surface area contributed by atoms with E-state index in [0.29, 0.717) is 13.1 Å². The second-order valence-electron chi connectivity index (χ2n) is 4.63. The van der Waals surface area contributed by atoms with Gasteiger partial charge < -0.3 is 14.6 Å². The molecular weight excluding hydrogens is 271 g/mol. The van der Waals surface area contributed by atoms with Gasteiger partial charge in [-0.25, -0.2) is 4.39 Å². The number of hydrogen-bond acceptors (Lipinski definition) is 3. The first-order valence-corrected chi connectivity index (χ1v) is 6.98. The average molecular weight is 290 g/mol. The van der Waals surface area contributed by atoms with Crippen molar-refractivity contribution in [1.29, 1.82) is 0 Å². The number of halogens is 1. The highest BCUT2D eigenvalue weighted by Crippen LogP contribution is 2.18. The minimum atomic E-state index is -0.384. The van der Waals surface area contributed by atoms with Crippen LogP contribution in [0.1, 0.15) is 12.5 Å². The van der Waals surface area contributed by atoms with Gasteiger partial charge in [0.1, 0.15) is 6.61 Å². The number of pyridine rings is 1. The Morgan fingerprint density at radius 3 is 2.86 bits per heavy atom. The van der Waals surface area contributed by atoms with Crippen molar-refractivity contribution in [3.8, 4) is 5.75 Å². The van der Waals surface area contributed by atoms with Crippen LogP contribution in [0.5, 0.6) is 5.75 Å². The van der Waals surface area contributed by atoms with E-state index in [1.807, 2.05) is 13.0 Å². The molecular formula is C16H19FN2O2. The smallest absolute Gasteiger partial charge is 0.250 e. The lowest BCUT2D eigenvalue weighted by molar-refractivity contribution is 0.282. The Hall–Kier alpha value is -2.14. The van der Waals surface area contributed by atoms with E-state index >= 15 is 0 Å². The molecule has 0 radical (unpaired) electrons. The molecule has 0 atom stereocenters. The SMILES string of the molecule is CCNCc1ccc(OCCn2ccccc2=O)c(F)c1. The minimum absolute atomic E-state index is 0.0949. The highest BCUT2D eigenvalue weighted by Gasteiger charge is 2.05. The van der Waals surface area contributed by atoms with Gasteiger partial charge in [-0.3, -0.25) is 4.79 Å². The number of nitrogens with zero attached hydrogens (tertiary/aromatic N) is 1. The van der Waals surface area contributed by atoms with E-state index in [9.17, 15) is 9.18 Å². The largest absolute Gasteiger partial charge is 0.489 e. The first-order valence-electron chi connectivity index (χ1n) is 6.98. The van der Waals surface area contributed by atoms with Gasteiger partial charge in [-0.2, -0.15) is 0 Å². The van der Waals surface area contributed by atoms with Gasteiger partial charge in [-0.05, 0) is 30.3 Å². The van der Waals surface area contributed by atoms with Crippen LogP contribution in [0.3, 0.4) is 0 Å². The van der Waals surface area contributed by atoms with Crippen LogP contribution in [0, 0.1) is 5.82 Å². The third kappa shape index (κ3) is 4.43. The van der Waals surface area contributed by atoms with Crippen LogP contribution in [0.4, 0.5) is 4.39 Å². The van der Waals surface area contributed by atoms with Gasteiger partial charge in [0.15, 0.2) is 11.6 Å². The summed E-state index contributed by atoms with van der Waals surface area (Å²) in [6, 6.07) is 9.86. The van der Waals surface area contributed by atoms with Gasteiger partial charge in [0, 0.05) is 18.8 Å². The lowest BCUT2D eigenvalue weighted by atomic mass is 10.2.